The van der Waals surface area contributed by atoms with Crippen LogP contribution < -0.4 is 5.32 Å². The van der Waals surface area contributed by atoms with Gasteiger partial charge in [-0.05, 0) is 42.7 Å². The van der Waals surface area contributed by atoms with E-state index < -0.39 is 0 Å². The number of aromatic nitrogens is 1. The van der Waals surface area contributed by atoms with E-state index in [-0.39, 0.29) is 11.9 Å². The minimum Gasteiger partial charge on any atom is -0.374 e. The molecule has 1 heterocycles. The Balaban J connectivity index is 1.88. The van der Waals surface area contributed by atoms with E-state index >= 15 is 0 Å². The van der Waals surface area contributed by atoms with Crippen LogP contribution in [0.15, 0.2) is 36.5 Å². The summed E-state index contributed by atoms with van der Waals surface area (Å²) in [6.45, 7) is 0. The number of rotatable bonds is 2. The number of hydrogen-bond acceptors (Lipinski definition) is 2. The lowest BCUT2D eigenvalue weighted by molar-refractivity contribution is 0.624. The second-order valence-electron chi connectivity index (χ2n) is 4.41. The minimum atomic E-state index is -0.288. The zero-order chi connectivity index (χ0) is 12.5. The van der Waals surface area contributed by atoms with E-state index in [2.05, 4.69) is 16.4 Å². The van der Waals surface area contributed by atoms with Gasteiger partial charge in [0, 0.05) is 11.2 Å². The summed E-state index contributed by atoms with van der Waals surface area (Å²) < 4.78 is 13.7. The van der Waals surface area contributed by atoms with Crippen molar-refractivity contribution >= 4 is 17.3 Å². The van der Waals surface area contributed by atoms with E-state index in [0.717, 1.165) is 18.5 Å². The summed E-state index contributed by atoms with van der Waals surface area (Å²) in [6.07, 6.45) is 3.68. The van der Waals surface area contributed by atoms with Gasteiger partial charge in [-0.15, -0.1) is 0 Å². The quantitative estimate of drug-likeness (QED) is 0.886. The van der Waals surface area contributed by atoms with E-state index in [0.29, 0.717) is 10.7 Å². The van der Waals surface area contributed by atoms with E-state index in [9.17, 15) is 4.39 Å². The second-order valence-corrected chi connectivity index (χ2v) is 4.84. The lowest BCUT2D eigenvalue weighted by atomic mass is 10.2. The van der Waals surface area contributed by atoms with Gasteiger partial charge in [0.2, 0.25) is 0 Å². The number of pyridine rings is 1. The number of nitrogens with zero attached hydrogens (tertiary/aromatic N) is 1. The molecule has 1 unspecified atom stereocenters. The van der Waals surface area contributed by atoms with Gasteiger partial charge in [0.05, 0.1) is 17.4 Å². The van der Waals surface area contributed by atoms with Gasteiger partial charge in [0.15, 0.2) is 0 Å². The van der Waals surface area contributed by atoms with Crippen LogP contribution in [-0.2, 0) is 6.42 Å². The number of halogens is 2. The standard InChI is InChI=1S/C14H12ClFN2/c15-10-4-5-11(16)13(8-10)18-12-6-3-9-2-1-7-17-14(9)12/h1-2,4-5,7-8,12,18H,3,6H2. The molecule has 1 aromatic heterocycles. The van der Waals surface area contributed by atoms with Gasteiger partial charge in [0.1, 0.15) is 5.82 Å². The molecule has 0 aliphatic heterocycles. The molecule has 0 fully saturated rings. The van der Waals surface area contributed by atoms with Crippen LogP contribution in [0.5, 0.6) is 0 Å². The number of fused-ring (bicyclic) bond motifs is 1. The molecule has 0 spiro atoms. The molecule has 0 amide bonds. The molecule has 18 heavy (non-hydrogen) atoms. The second kappa shape index (κ2) is 4.58. The van der Waals surface area contributed by atoms with Gasteiger partial charge in [-0.25, -0.2) is 4.39 Å². The van der Waals surface area contributed by atoms with Crippen LogP contribution in [0.1, 0.15) is 23.7 Å². The summed E-state index contributed by atoms with van der Waals surface area (Å²) in [4.78, 5) is 4.37. The van der Waals surface area contributed by atoms with Crippen molar-refractivity contribution in [1.82, 2.24) is 4.98 Å². The van der Waals surface area contributed by atoms with Gasteiger partial charge < -0.3 is 5.32 Å². The fourth-order valence-electron chi connectivity index (χ4n) is 2.35. The van der Waals surface area contributed by atoms with E-state index in [1.807, 2.05) is 6.07 Å². The molecule has 1 aliphatic rings. The van der Waals surface area contributed by atoms with Gasteiger partial charge in [-0.1, -0.05) is 17.7 Å². The Bertz CT molecular complexity index is 586. The molecule has 0 saturated carbocycles. The number of aryl methyl sites for hydroxylation is 1. The predicted molar refractivity (Wildman–Crippen MR) is 70.3 cm³/mol. The fourth-order valence-corrected chi connectivity index (χ4v) is 2.52. The van der Waals surface area contributed by atoms with Crippen molar-refractivity contribution in [1.29, 1.82) is 0 Å². The third-order valence-corrected chi connectivity index (χ3v) is 3.45. The number of nitrogens with one attached hydrogen (secondary N) is 1. The van der Waals surface area contributed by atoms with Gasteiger partial charge in [-0.3, -0.25) is 4.98 Å². The maximum atomic E-state index is 13.7. The normalized spacial score (nSPS) is 17.6. The third-order valence-electron chi connectivity index (χ3n) is 3.22. The van der Waals surface area contributed by atoms with Crippen LogP contribution in [0.4, 0.5) is 10.1 Å². The summed E-state index contributed by atoms with van der Waals surface area (Å²) in [7, 11) is 0. The number of benzene rings is 1. The Hall–Kier alpha value is -1.61. The molecular formula is C14H12ClFN2. The van der Waals surface area contributed by atoms with Crippen LogP contribution in [0.2, 0.25) is 5.02 Å². The molecule has 2 nitrogen and oxygen atoms in total. The van der Waals surface area contributed by atoms with Crippen molar-refractivity contribution in [2.24, 2.45) is 0 Å². The van der Waals surface area contributed by atoms with Crippen molar-refractivity contribution in [3.8, 4) is 0 Å². The van der Waals surface area contributed by atoms with E-state index in [1.165, 1.54) is 11.6 Å². The maximum absolute atomic E-state index is 13.7. The molecule has 92 valence electrons. The van der Waals surface area contributed by atoms with Gasteiger partial charge in [-0.2, -0.15) is 0 Å². The van der Waals surface area contributed by atoms with Crippen molar-refractivity contribution in [3.05, 3.63) is 58.6 Å². The molecule has 1 N–H and O–H groups in total. The van der Waals surface area contributed by atoms with Gasteiger partial charge >= 0.3 is 0 Å². The highest BCUT2D eigenvalue weighted by Gasteiger charge is 2.24. The Morgan fingerprint density at radius 1 is 1.33 bits per heavy atom. The Morgan fingerprint density at radius 2 is 2.22 bits per heavy atom. The predicted octanol–water partition coefficient (Wildman–Crippen LogP) is 3.97. The number of anilines is 1. The first-order valence-electron chi connectivity index (χ1n) is 5.89. The molecule has 3 rings (SSSR count). The van der Waals surface area contributed by atoms with Crippen LogP contribution in [0.25, 0.3) is 0 Å². The van der Waals surface area contributed by atoms with E-state index in [1.54, 1.807) is 18.3 Å². The Morgan fingerprint density at radius 3 is 3.11 bits per heavy atom. The smallest absolute Gasteiger partial charge is 0.146 e. The van der Waals surface area contributed by atoms with Crippen LogP contribution >= 0.6 is 11.6 Å². The Kier molecular flexibility index (Phi) is 2.92. The van der Waals surface area contributed by atoms with Crippen molar-refractivity contribution in [2.75, 3.05) is 5.32 Å². The zero-order valence-electron chi connectivity index (χ0n) is 9.66. The summed E-state index contributed by atoms with van der Waals surface area (Å²) in [6, 6.07) is 8.59. The molecule has 4 heteroatoms. The summed E-state index contributed by atoms with van der Waals surface area (Å²) >= 11 is 5.88. The van der Waals surface area contributed by atoms with Crippen LogP contribution in [0.3, 0.4) is 0 Å². The first-order chi connectivity index (χ1) is 8.74. The van der Waals surface area contributed by atoms with Crippen molar-refractivity contribution < 1.29 is 4.39 Å². The molecule has 0 radical (unpaired) electrons. The highest BCUT2D eigenvalue weighted by molar-refractivity contribution is 6.30. The highest BCUT2D eigenvalue weighted by Crippen LogP contribution is 2.33. The molecule has 0 bridgehead atoms. The monoisotopic (exact) mass is 262 g/mol. The van der Waals surface area contributed by atoms with Crippen LogP contribution in [0, 0.1) is 5.82 Å². The van der Waals surface area contributed by atoms with Crippen molar-refractivity contribution in [2.45, 2.75) is 18.9 Å². The SMILES string of the molecule is Fc1ccc(Cl)cc1NC1CCc2cccnc21. The maximum Gasteiger partial charge on any atom is 0.146 e. The first kappa shape index (κ1) is 11.5. The third kappa shape index (κ3) is 2.06. The lowest BCUT2D eigenvalue weighted by Gasteiger charge is -2.15. The summed E-state index contributed by atoms with van der Waals surface area (Å²) in [5.74, 6) is -0.288. The molecule has 1 aliphatic carbocycles. The fraction of sp³-hybridized carbons (Fsp3) is 0.214. The first-order valence-corrected chi connectivity index (χ1v) is 6.27. The summed E-state index contributed by atoms with van der Waals surface area (Å²) in [5.41, 5.74) is 2.68. The molecule has 1 atom stereocenters. The topological polar surface area (TPSA) is 24.9 Å². The largest absolute Gasteiger partial charge is 0.374 e. The average Bonchev–Trinajstić information content (AvgIpc) is 2.78. The molecular weight excluding hydrogens is 251 g/mol. The van der Waals surface area contributed by atoms with Crippen molar-refractivity contribution in [3.63, 3.8) is 0 Å². The highest BCUT2D eigenvalue weighted by atomic mass is 35.5. The minimum absolute atomic E-state index is 0.0640. The molecule has 0 saturated heterocycles. The number of hydrogen-bond donors (Lipinski definition) is 1. The lowest BCUT2D eigenvalue weighted by Crippen LogP contribution is -2.09. The summed E-state index contributed by atoms with van der Waals surface area (Å²) in [5, 5.41) is 3.71. The van der Waals surface area contributed by atoms with Gasteiger partial charge in [0.25, 0.3) is 0 Å². The molecule has 2 aromatic rings. The average molecular weight is 263 g/mol. The zero-order valence-corrected chi connectivity index (χ0v) is 10.4. The Labute approximate surface area is 110 Å². The molecule has 1 aromatic carbocycles. The van der Waals surface area contributed by atoms with Crippen LogP contribution in [-0.4, -0.2) is 4.98 Å². The van der Waals surface area contributed by atoms with E-state index in [4.69, 9.17) is 11.6 Å².